The van der Waals surface area contributed by atoms with Crippen LogP contribution in [-0.2, 0) is 0 Å². The van der Waals surface area contributed by atoms with Crippen LogP contribution >= 0.6 is 12.2 Å². The van der Waals surface area contributed by atoms with Crippen molar-refractivity contribution in [3.8, 4) is 0 Å². The molecule has 1 rings (SSSR count). The van der Waals surface area contributed by atoms with Crippen molar-refractivity contribution < 1.29 is 4.92 Å². The summed E-state index contributed by atoms with van der Waals surface area (Å²) < 4.78 is 0. The average Bonchev–Trinajstić information content (AvgIpc) is 2.04. The number of thiocarbonyl (C=S) groups is 1. The third kappa shape index (κ3) is 1.56. The van der Waals surface area contributed by atoms with Crippen molar-refractivity contribution in [1.29, 1.82) is 0 Å². The lowest BCUT2D eigenvalue weighted by Crippen LogP contribution is -1.95. The second-order valence-electron chi connectivity index (χ2n) is 1.78. The maximum atomic E-state index is 10.3. The molecule has 0 unspecified atom stereocenters. The summed E-state index contributed by atoms with van der Waals surface area (Å²) in [6.45, 7) is 0. The standard InChI is InChI=1S/C6H4N2O2S/c9-8(10)6-2-1-3-7-5(6)4-11/h1-4H. The van der Waals surface area contributed by atoms with Crippen LogP contribution in [0.5, 0.6) is 0 Å². The van der Waals surface area contributed by atoms with Gasteiger partial charge in [0.25, 0.3) is 5.69 Å². The van der Waals surface area contributed by atoms with E-state index in [4.69, 9.17) is 0 Å². The molecule has 1 heterocycles. The summed E-state index contributed by atoms with van der Waals surface area (Å²) in [6.07, 6.45) is 1.46. The zero-order chi connectivity index (χ0) is 8.27. The van der Waals surface area contributed by atoms with Gasteiger partial charge in [-0.15, -0.1) is 0 Å². The molecule has 0 aliphatic rings. The van der Waals surface area contributed by atoms with E-state index < -0.39 is 4.92 Å². The van der Waals surface area contributed by atoms with Crippen LogP contribution in [0.25, 0.3) is 0 Å². The third-order valence-electron chi connectivity index (χ3n) is 1.12. The summed E-state index contributed by atoms with van der Waals surface area (Å²) in [5.74, 6) is 0. The SMILES string of the molecule is O=[N+]([O-])c1cccnc1C=S. The normalized spacial score (nSPS) is 9.09. The smallest absolute Gasteiger partial charge is 0.258 e. The Morgan fingerprint density at radius 3 is 2.91 bits per heavy atom. The van der Waals surface area contributed by atoms with Gasteiger partial charge in [-0.3, -0.25) is 10.1 Å². The van der Waals surface area contributed by atoms with Crippen LogP contribution in [0.4, 0.5) is 5.69 Å². The molecule has 0 spiro atoms. The minimum Gasteiger partial charge on any atom is -0.258 e. The molecule has 0 saturated carbocycles. The molecule has 5 heteroatoms. The lowest BCUT2D eigenvalue weighted by atomic mass is 10.3. The maximum absolute atomic E-state index is 10.3. The average molecular weight is 168 g/mol. The molecule has 0 N–H and O–H groups in total. The molecule has 0 fully saturated rings. The topological polar surface area (TPSA) is 56.0 Å². The summed E-state index contributed by atoms with van der Waals surface area (Å²) >= 11 is 4.53. The Labute approximate surface area is 68.0 Å². The maximum Gasteiger partial charge on any atom is 0.295 e. The Morgan fingerprint density at radius 1 is 1.73 bits per heavy atom. The van der Waals surface area contributed by atoms with Gasteiger partial charge in [0.2, 0.25) is 0 Å². The second-order valence-corrected chi connectivity index (χ2v) is 2.02. The molecule has 4 nitrogen and oxygen atoms in total. The highest BCUT2D eigenvalue weighted by atomic mass is 32.1. The molecule has 1 aromatic heterocycles. The molecule has 0 aliphatic heterocycles. The number of hydrogen-bond donors (Lipinski definition) is 0. The number of rotatable bonds is 2. The lowest BCUT2D eigenvalue weighted by molar-refractivity contribution is -0.385. The fourth-order valence-electron chi connectivity index (χ4n) is 0.654. The Morgan fingerprint density at radius 2 is 2.45 bits per heavy atom. The van der Waals surface area contributed by atoms with Crippen LogP contribution in [0.3, 0.4) is 0 Å². The minimum absolute atomic E-state index is 0.0532. The van der Waals surface area contributed by atoms with Crippen molar-refractivity contribution in [3.05, 3.63) is 34.1 Å². The van der Waals surface area contributed by atoms with Crippen molar-refractivity contribution in [2.24, 2.45) is 0 Å². The van der Waals surface area contributed by atoms with E-state index in [1.165, 1.54) is 23.7 Å². The van der Waals surface area contributed by atoms with Gasteiger partial charge in [0.1, 0.15) is 0 Å². The fourth-order valence-corrected chi connectivity index (χ4v) is 0.836. The van der Waals surface area contributed by atoms with Crippen LogP contribution in [0, 0.1) is 10.1 Å². The quantitative estimate of drug-likeness (QED) is 0.380. The van der Waals surface area contributed by atoms with E-state index in [1.807, 2.05) is 0 Å². The molecule has 0 radical (unpaired) electrons. The monoisotopic (exact) mass is 168 g/mol. The fraction of sp³-hybridized carbons (Fsp3) is 0. The summed E-state index contributed by atoms with van der Waals surface area (Å²) in [5.41, 5.74) is 0.176. The Bertz CT molecular complexity index is 300. The van der Waals surface area contributed by atoms with E-state index in [2.05, 4.69) is 17.2 Å². The largest absolute Gasteiger partial charge is 0.295 e. The van der Waals surface area contributed by atoms with Crippen LogP contribution in [0.15, 0.2) is 18.3 Å². The molecule has 0 amide bonds. The van der Waals surface area contributed by atoms with Gasteiger partial charge in [-0.2, -0.15) is 0 Å². The highest BCUT2D eigenvalue weighted by Crippen LogP contribution is 2.12. The van der Waals surface area contributed by atoms with Gasteiger partial charge in [-0.05, 0) is 6.07 Å². The first-order chi connectivity index (χ1) is 5.25. The molecule has 0 aromatic carbocycles. The van der Waals surface area contributed by atoms with Crippen LogP contribution < -0.4 is 0 Å². The number of hydrogen-bond acceptors (Lipinski definition) is 4. The Kier molecular flexibility index (Phi) is 2.22. The summed E-state index contributed by atoms with van der Waals surface area (Å²) in [5, 5.41) is 11.5. The molecule has 0 bridgehead atoms. The molecule has 0 atom stereocenters. The van der Waals surface area contributed by atoms with Crippen LogP contribution in [0.2, 0.25) is 0 Å². The highest BCUT2D eigenvalue weighted by molar-refractivity contribution is 7.79. The van der Waals surface area contributed by atoms with Crippen molar-refractivity contribution in [1.82, 2.24) is 4.98 Å². The summed E-state index contributed by atoms with van der Waals surface area (Å²) in [6, 6.07) is 2.87. The van der Waals surface area contributed by atoms with Crippen molar-refractivity contribution in [3.63, 3.8) is 0 Å². The summed E-state index contributed by atoms with van der Waals surface area (Å²) in [4.78, 5) is 13.5. The molecule has 0 saturated heterocycles. The minimum atomic E-state index is -0.509. The van der Waals surface area contributed by atoms with Gasteiger partial charge < -0.3 is 0 Å². The van der Waals surface area contributed by atoms with Crippen LogP contribution in [-0.4, -0.2) is 15.3 Å². The predicted octanol–water partition coefficient (Wildman–Crippen LogP) is 1.34. The van der Waals surface area contributed by atoms with Crippen molar-refractivity contribution in [2.45, 2.75) is 0 Å². The van der Waals surface area contributed by atoms with E-state index in [1.54, 1.807) is 0 Å². The lowest BCUT2D eigenvalue weighted by Gasteiger charge is -1.92. The zero-order valence-electron chi connectivity index (χ0n) is 5.43. The van der Waals surface area contributed by atoms with Crippen LogP contribution in [0.1, 0.15) is 5.69 Å². The molecule has 0 aliphatic carbocycles. The van der Waals surface area contributed by atoms with E-state index in [0.29, 0.717) is 0 Å². The van der Waals surface area contributed by atoms with E-state index in [0.717, 1.165) is 0 Å². The Balaban J connectivity index is 3.22. The number of nitrogens with zero attached hydrogens (tertiary/aromatic N) is 2. The first-order valence-corrected chi connectivity index (χ1v) is 3.27. The van der Waals surface area contributed by atoms with Gasteiger partial charge in [-0.1, -0.05) is 12.2 Å². The first-order valence-electron chi connectivity index (χ1n) is 2.80. The second kappa shape index (κ2) is 3.16. The van der Waals surface area contributed by atoms with Crippen molar-refractivity contribution >= 4 is 23.3 Å². The Hall–Kier alpha value is -1.36. The van der Waals surface area contributed by atoms with E-state index >= 15 is 0 Å². The summed E-state index contributed by atoms with van der Waals surface area (Å²) in [7, 11) is 0. The highest BCUT2D eigenvalue weighted by Gasteiger charge is 2.10. The van der Waals surface area contributed by atoms with E-state index in [9.17, 15) is 10.1 Å². The predicted molar refractivity (Wildman–Crippen MR) is 43.6 cm³/mol. The third-order valence-corrected chi connectivity index (χ3v) is 1.35. The van der Waals surface area contributed by atoms with Gasteiger partial charge in [0.15, 0.2) is 5.69 Å². The molecule has 56 valence electrons. The number of nitro groups is 1. The van der Waals surface area contributed by atoms with E-state index in [-0.39, 0.29) is 11.4 Å². The van der Waals surface area contributed by atoms with Gasteiger partial charge in [-0.25, -0.2) is 4.98 Å². The van der Waals surface area contributed by atoms with Gasteiger partial charge in [0.05, 0.1) is 4.92 Å². The molecular weight excluding hydrogens is 164 g/mol. The molecule has 11 heavy (non-hydrogen) atoms. The zero-order valence-corrected chi connectivity index (χ0v) is 6.25. The molecular formula is C6H4N2O2S. The van der Waals surface area contributed by atoms with Gasteiger partial charge in [0, 0.05) is 17.6 Å². The number of pyridine rings is 1. The number of aromatic nitrogens is 1. The van der Waals surface area contributed by atoms with Gasteiger partial charge >= 0.3 is 0 Å². The molecule has 1 aromatic rings. The van der Waals surface area contributed by atoms with Crippen molar-refractivity contribution in [2.75, 3.05) is 0 Å². The first kappa shape index (κ1) is 7.74.